The Hall–Kier alpha value is -4.62. The van der Waals surface area contributed by atoms with Crippen LogP contribution in [0.5, 0.6) is 0 Å². The standard InChI is InChI=1S/C31H32N8O4S/c40-31(41)25(37-44(42,43)26-9-3-6-20-5-1-2-8-23(20)26)17-39-19-35-27-29(33-18-34-30(27)39)38-15-12-21(13-16-38)24-11-10-22-7-4-14-32-28(22)36-24/h1-3,5-6,8-11,18-19,21,25,37H,4,7,12-17H2,(H,32,36)(H,40,41). The summed E-state index contributed by atoms with van der Waals surface area (Å²) >= 11 is 0. The van der Waals surface area contributed by atoms with E-state index in [-0.39, 0.29) is 11.4 Å². The highest BCUT2D eigenvalue weighted by atomic mass is 32.2. The minimum absolute atomic E-state index is 0.0206. The summed E-state index contributed by atoms with van der Waals surface area (Å²) in [5, 5.41) is 14.7. The van der Waals surface area contributed by atoms with E-state index in [9.17, 15) is 18.3 Å². The topological polar surface area (TPSA) is 155 Å². The fraction of sp³-hybridized carbons (Fsp3) is 0.323. The molecule has 44 heavy (non-hydrogen) atoms. The Labute approximate surface area is 254 Å². The van der Waals surface area contributed by atoms with Crippen molar-refractivity contribution >= 4 is 49.6 Å². The van der Waals surface area contributed by atoms with Gasteiger partial charge in [-0.2, -0.15) is 4.72 Å². The first-order valence-corrected chi connectivity index (χ1v) is 16.2. The first kappa shape index (κ1) is 28.2. The summed E-state index contributed by atoms with van der Waals surface area (Å²) in [6, 6.07) is 14.9. The molecule has 0 bridgehead atoms. The van der Waals surface area contributed by atoms with E-state index in [1.54, 1.807) is 22.8 Å². The number of nitrogens with zero attached hydrogens (tertiary/aromatic N) is 6. The number of aryl methyl sites for hydroxylation is 1. The Morgan fingerprint density at radius 3 is 2.70 bits per heavy atom. The third-order valence-electron chi connectivity index (χ3n) is 8.52. The highest BCUT2D eigenvalue weighted by Gasteiger charge is 2.29. The lowest BCUT2D eigenvalue weighted by Gasteiger charge is -2.33. The van der Waals surface area contributed by atoms with Crippen LogP contribution in [-0.4, -0.2) is 69.7 Å². The maximum absolute atomic E-state index is 13.4. The lowest BCUT2D eigenvalue weighted by atomic mass is 9.92. The number of carbonyl (C=O) groups is 1. The average Bonchev–Trinajstić information content (AvgIpc) is 3.46. The number of rotatable bonds is 8. The van der Waals surface area contributed by atoms with Crippen LogP contribution in [-0.2, 0) is 27.8 Å². The monoisotopic (exact) mass is 612 g/mol. The molecule has 3 aromatic heterocycles. The number of pyridine rings is 1. The van der Waals surface area contributed by atoms with Crippen LogP contribution >= 0.6 is 0 Å². The number of hydrogen-bond donors (Lipinski definition) is 3. The average molecular weight is 613 g/mol. The van der Waals surface area contributed by atoms with Gasteiger partial charge in [-0.1, -0.05) is 42.5 Å². The number of imidazole rings is 1. The minimum Gasteiger partial charge on any atom is -0.480 e. The number of carboxylic acids is 1. The quantitative estimate of drug-likeness (QED) is 0.237. The fourth-order valence-electron chi connectivity index (χ4n) is 6.23. The van der Waals surface area contributed by atoms with E-state index >= 15 is 0 Å². The molecule has 12 nitrogen and oxygen atoms in total. The van der Waals surface area contributed by atoms with Crippen molar-refractivity contribution in [2.24, 2.45) is 0 Å². The number of sulfonamides is 1. The van der Waals surface area contributed by atoms with E-state index in [2.05, 4.69) is 42.0 Å². The van der Waals surface area contributed by atoms with Gasteiger partial charge in [0, 0.05) is 36.6 Å². The number of nitrogens with one attached hydrogen (secondary N) is 2. The smallest absolute Gasteiger partial charge is 0.323 e. The maximum Gasteiger partial charge on any atom is 0.323 e. The van der Waals surface area contributed by atoms with Crippen LogP contribution in [0, 0.1) is 0 Å². The molecule has 1 saturated heterocycles. The molecule has 0 saturated carbocycles. The maximum atomic E-state index is 13.4. The van der Waals surface area contributed by atoms with Crippen molar-refractivity contribution in [2.75, 3.05) is 29.9 Å². The number of piperidine rings is 1. The summed E-state index contributed by atoms with van der Waals surface area (Å²) < 4.78 is 30.7. The van der Waals surface area contributed by atoms with Gasteiger partial charge in [-0.05, 0) is 48.8 Å². The zero-order valence-electron chi connectivity index (χ0n) is 23.9. The van der Waals surface area contributed by atoms with Crippen molar-refractivity contribution in [3.63, 3.8) is 0 Å². The van der Waals surface area contributed by atoms with E-state index < -0.39 is 22.0 Å². The molecule has 226 valence electrons. The predicted octanol–water partition coefficient (Wildman–Crippen LogP) is 3.55. The number of anilines is 2. The van der Waals surface area contributed by atoms with Crippen LogP contribution in [0.15, 0.2) is 72.1 Å². The third kappa shape index (κ3) is 5.33. The van der Waals surface area contributed by atoms with Gasteiger partial charge in [-0.25, -0.2) is 28.4 Å². The van der Waals surface area contributed by atoms with Crippen LogP contribution in [0.1, 0.15) is 36.4 Å². The highest BCUT2D eigenvalue weighted by molar-refractivity contribution is 7.89. The van der Waals surface area contributed by atoms with E-state index in [4.69, 9.17) is 4.98 Å². The summed E-state index contributed by atoms with van der Waals surface area (Å²) in [4.78, 5) is 32.8. The Morgan fingerprint density at radius 2 is 1.86 bits per heavy atom. The number of aromatic nitrogens is 5. The zero-order valence-corrected chi connectivity index (χ0v) is 24.7. The molecule has 1 unspecified atom stereocenters. The van der Waals surface area contributed by atoms with Crippen LogP contribution in [0.4, 0.5) is 11.6 Å². The van der Waals surface area contributed by atoms with Crippen LogP contribution < -0.4 is 14.9 Å². The molecule has 2 aliphatic heterocycles. The molecule has 0 radical (unpaired) electrons. The van der Waals surface area contributed by atoms with Gasteiger partial charge in [0.25, 0.3) is 0 Å². The van der Waals surface area contributed by atoms with Gasteiger partial charge in [-0.3, -0.25) is 4.79 Å². The number of benzene rings is 2. The second kappa shape index (κ2) is 11.5. The van der Waals surface area contributed by atoms with Crippen molar-refractivity contribution in [3.05, 3.63) is 78.5 Å². The van der Waals surface area contributed by atoms with E-state index in [0.717, 1.165) is 62.2 Å². The first-order valence-electron chi connectivity index (χ1n) is 14.7. The summed E-state index contributed by atoms with van der Waals surface area (Å²) in [5.41, 5.74) is 3.38. The molecular formula is C31H32N8O4S. The lowest BCUT2D eigenvalue weighted by Crippen LogP contribution is -2.43. The van der Waals surface area contributed by atoms with E-state index in [1.807, 2.05) is 18.2 Å². The molecule has 7 rings (SSSR count). The second-order valence-corrected chi connectivity index (χ2v) is 13.0. The Balaban J connectivity index is 1.08. The van der Waals surface area contributed by atoms with Gasteiger partial charge in [0.2, 0.25) is 10.0 Å². The van der Waals surface area contributed by atoms with E-state index in [1.165, 1.54) is 24.3 Å². The molecule has 1 fully saturated rings. The predicted molar refractivity (Wildman–Crippen MR) is 166 cm³/mol. The molecule has 5 heterocycles. The van der Waals surface area contributed by atoms with Gasteiger partial charge in [-0.15, -0.1) is 0 Å². The Bertz CT molecular complexity index is 1970. The molecule has 5 aromatic rings. The van der Waals surface area contributed by atoms with Crippen molar-refractivity contribution in [1.29, 1.82) is 0 Å². The SMILES string of the molecule is O=C(O)C(Cn1cnc2c(N3CCC(c4ccc5c(n4)NCCC5)CC3)ncnc21)NS(=O)(=O)c1cccc2ccccc12. The second-order valence-electron chi connectivity index (χ2n) is 11.3. The highest BCUT2D eigenvalue weighted by Crippen LogP contribution is 2.33. The number of fused-ring (bicyclic) bond motifs is 3. The molecule has 0 amide bonds. The molecule has 2 aliphatic rings. The van der Waals surface area contributed by atoms with Crippen molar-refractivity contribution in [1.82, 2.24) is 29.2 Å². The summed E-state index contributed by atoms with van der Waals surface area (Å²) in [6.45, 7) is 2.28. The molecule has 0 aliphatic carbocycles. The Morgan fingerprint density at radius 1 is 1.05 bits per heavy atom. The summed E-state index contributed by atoms with van der Waals surface area (Å²) in [5.74, 6) is 0.730. The molecule has 3 N–H and O–H groups in total. The van der Waals surface area contributed by atoms with Gasteiger partial charge < -0.3 is 19.9 Å². The van der Waals surface area contributed by atoms with Crippen molar-refractivity contribution in [2.45, 2.75) is 49.1 Å². The number of aliphatic carboxylic acids is 1. The van der Waals surface area contributed by atoms with Crippen LogP contribution in [0.3, 0.4) is 0 Å². The normalized spacial score (nSPS) is 16.5. The van der Waals surface area contributed by atoms with Crippen molar-refractivity contribution in [3.8, 4) is 0 Å². The van der Waals surface area contributed by atoms with Crippen LogP contribution in [0.2, 0.25) is 0 Å². The first-order chi connectivity index (χ1) is 21.4. The molecule has 13 heteroatoms. The molecule has 2 aromatic carbocycles. The lowest BCUT2D eigenvalue weighted by molar-refractivity contribution is -0.139. The Kier molecular flexibility index (Phi) is 7.34. The van der Waals surface area contributed by atoms with Gasteiger partial charge in [0.15, 0.2) is 17.0 Å². The van der Waals surface area contributed by atoms with Crippen LogP contribution in [0.25, 0.3) is 21.9 Å². The molecule has 0 spiro atoms. The number of hydrogen-bond acceptors (Lipinski definition) is 9. The molecule has 1 atom stereocenters. The fourth-order valence-corrected chi connectivity index (χ4v) is 7.64. The summed E-state index contributed by atoms with van der Waals surface area (Å²) in [7, 11) is -4.16. The van der Waals surface area contributed by atoms with Crippen molar-refractivity contribution < 1.29 is 18.3 Å². The van der Waals surface area contributed by atoms with E-state index in [0.29, 0.717) is 28.3 Å². The summed E-state index contributed by atoms with van der Waals surface area (Å²) in [6.07, 6.45) is 6.95. The third-order valence-corrected chi connectivity index (χ3v) is 10.1. The largest absolute Gasteiger partial charge is 0.480 e. The minimum atomic E-state index is -4.16. The van der Waals surface area contributed by atoms with Gasteiger partial charge in [0.05, 0.1) is 17.8 Å². The number of carboxylic acid groups (broad SMARTS) is 1. The zero-order chi connectivity index (χ0) is 30.3. The van der Waals surface area contributed by atoms with Gasteiger partial charge in [0.1, 0.15) is 18.2 Å². The van der Waals surface area contributed by atoms with Gasteiger partial charge >= 0.3 is 5.97 Å². The molecular weight excluding hydrogens is 580 g/mol.